The molecule has 1 aromatic carbocycles. The number of hydrazine groups is 1. The van der Waals surface area contributed by atoms with Crippen LogP contribution in [0.1, 0.15) is 22.7 Å². The van der Waals surface area contributed by atoms with Crippen LogP contribution in [0.5, 0.6) is 5.75 Å². The molecule has 2 heterocycles. The van der Waals surface area contributed by atoms with Crippen LogP contribution < -0.4 is 16.0 Å². The van der Waals surface area contributed by atoms with E-state index in [2.05, 4.69) is 22.5 Å². The Balaban J connectivity index is 1.85. The lowest BCUT2D eigenvalue weighted by molar-refractivity contribution is 0.184. The molecule has 0 amide bonds. The number of para-hydroxylation sites is 1. The fourth-order valence-corrected chi connectivity index (χ4v) is 2.82. The van der Waals surface area contributed by atoms with Gasteiger partial charge in [-0.2, -0.15) is 0 Å². The monoisotopic (exact) mass is 269 g/mol. The van der Waals surface area contributed by atoms with Gasteiger partial charge in [0, 0.05) is 18.3 Å². The Morgan fingerprint density at radius 1 is 1.35 bits per heavy atom. The highest BCUT2D eigenvalue weighted by Crippen LogP contribution is 2.33. The number of rotatable bonds is 3. The molecule has 0 saturated heterocycles. The zero-order valence-corrected chi connectivity index (χ0v) is 11.5. The minimum absolute atomic E-state index is 0.0516. The minimum atomic E-state index is 0.0516. The zero-order valence-electron chi connectivity index (χ0n) is 11.5. The molecule has 0 bridgehead atoms. The number of aromatic nitrogens is 1. The van der Waals surface area contributed by atoms with Crippen molar-refractivity contribution >= 4 is 0 Å². The molecule has 0 fully saturated rings. The zero-order chi connectivity index (χ0) is 13.9. The Kier molecular flexibility index (Phi) is 3.67. The van der Waals surface area contributed by atoms with Gasteiger partial charge in [-0.25, -0.2) is 0 Å². The van der Waals surface area contributed by atoms with Gasteiger partial charge in [-0.3, -0.25) is 16.3 Å². The summed E-state index contributed by atoms with van der Waals surface area (Å²) in [6, 6.07) is 10.4. The Hall–Kier alpha value is -1.91. The molecule has 20 heavy (non-hydrogen) atoms. The SMILES string of the molecule is Cc1cncc(C(NN)C2COc3ccccc3C2)c1. The van der Waals surface area contributed by atoms with Crippen molar-refractivity contribution < 1.29 is 4.74 Å². The van der Waals surface area contributed by atoms with Gasteiger partial charge in [0.25, 0.3) is 0 Å². The summed E-state index contributed by atoms with van der Waals surface area (Å²) < 4.78 is 5.85. The summed E-state index contributed by atoms with van der Waals surface area (Å²) in [5.41, 5.74) is 6.42. The third-order valence-electron chi connectivity index (χ3n) is 3.81. The van der Waals surface area contributed by atoms with E-state index in [9.17, 15) is 0 Å². The Morgan fingerprint density at radius 2 is 2.20 bits per heavy atom. The number of ether oxygens (including phenoxy) is 1. The topological polar surface area (TPSA) is 60.2 Å². The Labute approximate surface area is 119 Å². The van der Waals surface area contributed by atoms with Crippen LogP contribution in [0.4, 0.5) is 0 Å². The van der Waals surface area contributed by atoms with Crippen molar-refractivity contribution in [1.82, 2.24) is 10.4 Å². The maximum atomic E-state index is 5.85. The van der Waals surface area contributed by atoms with Crippen molar-refractivity contribution in [1.29, 1.82) is 0 Å². The number of nitrogens with one attached hydrogen (secondary N) is 1. The van der Waals surface area contributed by atoms with Crippen molar-refractivity contribution in [2.75, 3.05) is 6.61 Å². The maximum Gasteiger partial charge on any atom is 0.122 e. The predicted molar refractivity (Wildman–Crippen MR) is 78.2 cm³/mol. The maximum absolute atomic E-state index is 5.85. The molecule has 0 spiro atoms. The van der Waals surface area contributed by atoms with Gasteiger partial charge in [0.15, 0.2) is 0 Å². The second-order valence-electron chi connectivity index (χ2n) is 5.32. The highest BCUT2D eigenvalue weighted by atomic mass is 16.5. The summed E-state index contributed by atoms with van der Waals surface area (Å²) in [5, 5.41) is 0. The van der Waals surface area contributed by atoms with Crippen LogP contribution in [0, 0.1) is 12.8 Å². The van der Waals surface area contributed by atoms with Crippen molar-refractivity contribution in [3.63, 3.8) is 0 Å². The normalized spacial score (nSPS) is 19.0. The molecule has 4 heteroatoms. The highest BCUT2D eigenvalue weighted by Gasteiger charge is 2.28. The molecule has 1 aliphatic rings. The summed E-state index contributed by atoms with van der Waals surface area (Å²) in [4.78, 5) is 4.26. The van der Waals surface area contributed by atoms with E-state index in [1.54, 1.807) is 0 Å². The van der Waals surface area contributed by atoms with E-state index in [1.165, 1.54) is 5.56 Å². The van der Waals surface area contributed by atoms with Gasteiger partial charge in [-0.15, -0.1) is 0 Å². The molecule has 4 nitrogen and oxygen atoms in total. The summed E-state index contributed by atoms with van der Waals surface area (Å²) >= 11 is 0. The highest BCUT2D eigenvalue weighted by molar-refractivity contribution is 5.36. The van der Waals surface area contributed by atoms with Crippen LogP contribution in [-0.2, 0) is 6.42 Å². The molecule has 1 aromatic heterocycles. The summed E-state index contributed by atoms with van der Waals surface area (Å²) in [6.07, 6.45) is 4.68. The number of hydrogen-bond acceptors (Lipinski definition) is 4. The molecular formula is C16H19N3O. The molecule has 2 atom stereocenters. The van der Waals surface area contributed by atoms with Crippen LogP contribution in [0.25, 0.3) is 0 Å². The lowest BCUT2D eigenvalue weighted by atomic mass is 9.87. The van der Waals surface area contributed by atoms with Crippen LogP contribution in [0.15, 0.2) is 42.7 Å². The van der Waals surface area contributed by atoms with E-state index in [4.69, 9.17) is 10.6 Å². The first-order valence-electron chi connectivity index (χ1n) is 6.86. The summed E-state index contributed by atoms with van der Waals surface area (Å²) in [7, 11) is 0. The Bertz CT molecular complexity index is 600. The smallest absolute Gasteiger partial charge is 0.122 e. The third kappa shape index (κ3) is 2.53. The van der Waals surface area contributed by atoms with E-state index in [-0.39, 0.29) is 6.04 Å². The molecule has 2 aromatic rings. The van der Waals surface area contributed by atoms with Gasteiger partial charge < -0.3 is 4.74 Å². The van der Waals surface area contributed by atoms with Crippen molar-refractivity contribution in [2.45, 2.75) is 19.4 Å². The second kappa shape index (κ2) is 5.61. The number of nitrogens with two attached hydrogens (primary N) is 1. The summed E-state index contributed by atoms with van der Waals surface area (Å²) in [6.45, 7) is 2.70. The van der Waals surface area contributed by atoms with Crippen LogP contribution >= 0.6 is 0 Å². The average molecular weight is 269 g/mol. The molecule has 1 aliphatic heterocycles. The number of hydrogen-bond donors (Lipinski definition) is 2. The van der Waals surface area contributed by atoms with Crippen LogP contribution in [-0.4, -0.2) is 11.6 Å². The van der Waals surface area contributed by atoms with Gasteiger partial charge in [-0.1, -0.05) is 24.3 Å². The van der Waals surface area contributed by atoms with Gasteiger partial charge in [0.1, 0.15) is 5.75 Å². The molecule has 3 N–H and O–H groups in total. The molecule has 0 saturated carbocycles. The third-order valence-corrected chi connectivity index (χ3v) is 3.81. The van der Waals surface area contributed by atoms with E-state index >= 15 is 0 Å². The first kappa shape index (κ1) is 13.1. The van der Waals surface area contributed by atoms with Crippen molar-refractivity contribution in [3.8, 4) is 5.75 Å². The largest absolute Gasteiger partial charge is 0.493 e. The second-order valence-corrected chi connectivity index (χ2v) is 5.32. The molecular weight excluding hydrogens is 250 g/mol. The first-order chi connectivity index (χ1) is 9.78. The van der Waals surface area contributed by atoms with Gasteiger partial charge >= 0.3 is 0 Å². The number of benzene rings is 1. The van der Waals surface area contributed by atoms with E-state index in [0.29, 0.717) is 12.5 Å². The fourth-order valence-electron chi connectivity index (χ4n) is 2.82. The summed E-state index contributed by atoms with van der Waals surface area (Å²) in [5.74, 6) is 7.06. The molecule has 2 unspecified atom stereocenters. The van der Waals surface area contributed by atoms with E-state index in [0.717, 1.165) is 23.3 Å². The van der Waals surface area contributed by atoms with Crippen molar-refractivity contribution in [2.24, 2.45) is 11.8 Å². The van der Waals surface area contributed by atoms with E-state index < -0.39 is 0 Å². The predicted octanol–water partition coefficient (Wildman–Crippen LogP) is 2.15. The molecule has 3 rings (SSSR count). The minimum Gasteiger partial charge on any atom is -0.493 e. The number of nitrogens with zero attached hydrogens (tertiary/aromatic N) is 1. The Morgan fingerprint density at radius 3 is 3.00 bits per heavy atom. The van der Waals surface area contributed by atoms with E-state index in [1.807, 2.05) is 37.5 Å². The fraction of sp³-hybridized carbons (Fsp3) is 0.312. The lowest BCUT2D eigenvalue weighted by Gasteiger charge is -2.31. The lowest BCUT2D eigenvalue weighted by Crippen LogP contribution is -2.38. The van der Waals surface area contributed by atoms with Gasteiger partial charge in [-0.05, 0) is 36.1 Å². The van der Waals surface area contributed by atoms with Crippen molar-refractivity contribution in [3.05, 3.63) is 59.4 Å². The number of pyridine rings is 1. The first-order valence-corrected chi connectivity index (χ1v) is 6.86. The molecule has 0 radical (unpaired) electrons. The quantitative estimate of drug-likeness (QED) is 0.662. The van der Waals surface area contributed by atoms with Crippen LogP contribution in [0.3, 0.4) is 0 Å². The number of fused-ring (bicyclic) bond motifs is 1. The van der Waals surface area contributed by atoms with Gasteiger partial charge in [0.2, 0.25) is 0 Å². The average Bonchev–Trinajstić information content (AvgIpc) is 2.48. The number of aryl methyl sites for hydroxylation is 1. The van der Waals surface area contributed by atoms with Crippen LogP contribution in [0.2, 0.25) is 0 Å². The molecule has 0 aliphatic carbocycles. The standard InChI is InChI=1S/C16H19N3O/c1-11-6-13(9-18-8-11)16(19-17)14-7-12-4-2-3-5-15(12)20-10-14/h2-6,8-9,14,16,19H,7,10,17H2,1H3. The molecule has 104 valence electrons. The van der Waals surface area contributed by atoms with Gasteiger partial charge in [0.05, 0.1) is 12.6 Å².